The van der Waals surface area contributed by atoms with Crippen LogP contribution in [0.2, 0.25) is 0 Å². The summed E-state index contributed by atoms with van der Waals surface area (Å²) in [6.45, 7) is 2.20. The SMILES string of the molecule is Cc1ccc2c(c1)-c1ccc3c4ccc5c6ccc7c8c(ccc(c9ccc(c%10ccc-2c1c3%10)c4c59)c86)-c1c-7sc2ccccc12. The van der Waals surface area contributed by atoms with Crippen LogP contribution in [0.25, 0.3) is 129 Å². The third-order valence-corrected chi connectivity index (χ3v) is 12.7. The van der Waals surface area contributed by atoms with Crippen LogP contribution >= 0.6 is 11.3 Å². The number of hydrogen-bond acceptors (Lipinski definition) is 1. The van der Waals surface area contributed by atoms with Crippen molar-refractivity contribution >= 4 is 96.8 Å². The Hall–Kier alpha value is -5.50. The van der Waals surface area contributed by atoms with Crippen LogP contribution in [0.5, 0.6) is 0 Å². The molecule has 0 bridgehead atoms. The lowest BCUT2D eigenvalue weighted by Crippen LogP contribution is -1.92. The van der Waals surface area contributed by atoms with Gasteiger partial charge in [-0.3, -0.25) is 0 Å². The third-order valence-electron chi connectivity index (χ3n) is 11.5. The second kappa shape index (κ2) is 7.31. The molecule has 0 saturated carbocycles. The van der Waals surface area contributed by atoms with Crippen LogP contribution in [-0.4, -0.2) is 0 Å². The smallest absolute Gasteiger partial charge is 0.0440 e. The molecule has 0 atom stereocenters. The molecule has 0 saturated heterocycles. The Morgan fingerprint density at radius 1 is 0.348 bits per heavy atom. The van der Waals surface area contributed by atoms with E-state index in [9.17, 15) is 0 Å². The molecule has 13 rings (SSSR count). The van der Waals surface area contributed by atoms with Gasteiger partial charge in [-0.2, -0.15) is 0 Å². The zero-order valence-electron chi connectivity index (χ0n) is 24.9. The predicted molar refractivity (Wildman–Crippen MR) is 200 cm³/mol. The lowest BCUT2D eigenvalue weighted by atomic mass is 9.83. The summed E-state index contributed by atoms with van der Waals surface area (Å²) in [6.07, 6.45) is 0. The minimum Gasteiger partial charge on any atom is -0.135 e. The number of aryl methyl sites for hydroxylation is 1. The molecule has 1 aromatic heterocycles. The molecule has 1 heteroatoms. The van der Waals surface area contributed by atoms with Crippen molar-refractivity contribution in [2.24, 2.45) is 0 Å². The van der Waals surface area contributed by atoms with E-state index in [4.69, 9.17) is 0 Å². The fraction of sp³-hybridized carbons (Fsp3) is 0.0222. The minimum absolute atomic E-state index is 1.31. The van der Waals surface area contributed by atoms with Gasteiger partial charge in [0.2, 0.25) is 0 Å². The van der Waals surface area contributed by atoms with E-state index in [2.05, 4.69) is 122 Å². The Labute approximate surface area is 267 Å². The summed E-state index contributed by atoms with van der Waals surface area (Å²) in [5.41, 5.74) is 11.0. The predicted octanol–water partition coefficient (Wildman–Crippen LogP) is 13.5. The van der Waals surface area contributed by atoms with Crippen molar-refractivity contribution in [3.63, 3.8) is 0 Å². The maximum Gasteiger partial charge on any atom is 0.0440 e. The van der Waals surface area contributed by atoms with Crippen LogP contribution in [0, 0.1) is 6.92 Å². The number of thiophene rings is 1. The van der Waals surface area contributed by atoms with E-state index in [1.165, 1.54) is 135 Å². The second-order valence-corrected chi connectivity index (χ2v) is 14.6. The van der Waals surface area contributed by atoms with Crippen molar-refractivity contribution in [2.75, 3.05) is 0 Å². The molecule has 10 aromatic carbocycles. The van der Waals surface area contributed by atoms with Gasteiger partial charge in [0.25, 0.3) is 0 Å². The number of fused-ring (bicyclic) bond motifs is 12. The van der Waals surface area contributed by atoms with E-state index in [0.717, 1.165) is 0 Å². The lowest BCUT2D eigenvalue weighted by Gasteiger charge is -2.20. The van der Waals surface area contributed by atoms with Gasteiger partial charge in [-0.25, -0.2) is 0 Å². The highest BCUT2D eigenvalue weighted by Gasteiger charge is 2.30. The summed E-state index contributed by atoms with van der Waals surface area (Å²) in [6, 6.07) is 44.7. The number of rotatable bonds is 0. The molecule has 2 aliphatic rings. The zero-order chi connectivity index (χ0) is 29.6. The first-order chi connectivity index (χ1) is 22.7. The largest absolute Gasteiger partial charge is 0.135 e. The Morgan fingerprint density at radius 3 is 1.43 bits per heavy atom. The Morgan fingerprint density at radius 2 is 0.804 bits per heavy atom. The summed E-state index contributed by atoms with van der Waals surface area (Å²) >= 11 is 1.94. The van der Waals surface area contributed by atoms with Gasteiger partial charge in [0.15, 0.2) is 0 Å². The molecule has 46 heavy (non-hydrogen) atoms. The fourth-order valence-electron chi connectivity index (χ4n) is 9.75. The van der Waals surface area contributed by atoms with Gasteiger partial charge in [-0.05, 0) is 116 Å². The van der Waals surface area contributed by atoms with Gasteiger partial charge in [0.1, 0.15) is 0 Å². The second-order valence-electron chi connectivity index (χ2n) is 13.6. The van der Waals surface area contributed by atoms with Gasteiger partial charge >= 0.3 is 0 Å². The van der Waals surface area contributed by atoms with E-state index in [1.54, 1.807) is 0 Å². The van der Waals surface area contributed by atoms with Crippen molar-refractivity contribution in [2.45, 2.75) is 6.92 Å². The first-order valence-corrected chi connectivity index (χ1v) is 17.0. The molecule has 0 nitrogen and oxygen atoms in total. The van der Waals surface area contributed by atoms with Gasteiger partial charge in [-0.15, -0.1) is 11.3 Å². The van der Waals surface area contributed by atoms with Crippen LogP contribution in [0.4, 0.5) is 0 Å². The summed E-state index contributed by atoms with van der Waals surface area (Å²) in [7, 11) is 0. The third kappa shape index (κ3) is 2.33. The molecular formula is C45H22S. The van der Waals surface area contributed by atoms with Crippen molar-refractivity contribution < 1.29 is 0 Å². The Balaban J connectivity index is 1.20. The molecule has 208 valence electrons. The van der Waals surface area contributed by atoms with Gasteiger partial charge in [0, 0.05) is 26.1 Å². The molecule has 1 heterocycles. The molecule has 0 unspecified atom stereocenters. The number of hydrogen-bond donors (Lipinski definition) is 0. The van der Waals surface area contributed by atoms with E-state index < -0.39 is 0 Å². The average Bonchev–Trinajstić information content (AvgIpc) is 3.74. The van der Waals surface area contributed by atoms with Crippen LogP contribution < -0.4 is 0 Å². The highest BCUT2D eigenvalue weighted by Crippen LogP contribution is 2.58. The van der Waals surface area contributed by atoms with E-state index in [-0.39, 0.29) is 0 Å². The van der Waals surface area contributed by atoms with Gasteiger partial charge < -0.3 is 0 Å². The van der Waals surface area contributed by atoms with Crippen molar-refractivity contribution in [1.29, 1.82) is 0 Å². The molecule has 0 aliphatic heterocycles. The Kier molecular flexibility index (Phi) is 3.64. The topological polar surface area (TPSA) is 0 Å². The van der Waals surface area contributed by atoms with E-state index in [0.29, 0.717) is 0 Å². The van der Waals surface area contributed by atoms with Crippen LogP contribution in [0.15, 0.2) is 115 Å². The molecule has 11 aromatic rings. The highest BCUT2D eigenvalue weighted by molar-refractivity contribution is 7.23. The Bertz CT molecular complexity index is 3170. The summed E-state index contributed by atoms with van der Waals surface area (Å²) in [5, 5.41) is 20.8. The molecule has 2 aliphatic carbocycles. The van der Waals surface area contributed by atoms with Crippen LogP contribution in [0.1, 0.15) is 5.56 Å². The van der Waals surface area contributed by atoms with Crippen molar-refractivity contribution in [1.82, 2.24) is 0 Å². The number of benzene rings is 10. The minimum atomic E-state index is 1.31. The average molecular weight is 595 g/mol. The first kappa shape index (κ1) is 22.9. The molecule has 0 fully saturated rings. The zero-order valence-corrected chi connectivity index (χ0v) is 25.7. The van der Waals surface area contributed by atoms with E-state index in [1.807, 2.05) is 11.3 Å². The normalized spacial score (nSPS) is 13.3. The molecular weight excluding hydrogens is 573 g/mol. The quantitative estimate of drug-likeness (QED) is 0.121. The van der Waals surface area contributed by atoms with Crippen molar-refractivity contribution in [3.05, 3.63) is 121 Å². The standard InChI is InChI=1S/C45H22S/c1-21-6-7-22-23-8-9-24-25-10-12-27-30-16-18-34-43-35(45-44(34)33-4-2-3-5-37(33)46-45)19-17-31(42(30)43)28-13-11-26(40(25)41(27)28)29-14-15-32(36(22)20-21)38(23)39(24)29/h2-20H,1H3. The summed E-state index contributed by atoms with van der Waals surface area (Å²) in [4.78, 5) is 1.43. The lowest BCUT2D eigenvalue weighted by molar-refractivity contribution is 1.48. The van der Waals surface area contributed by atoms with E-state index >= 15 is 0 Å². The van der Waals surface area contributed by atoms with Gasteiger partial charge in [0.05, 0.1) is 0 Å². The maximum absolute atomic E-state index is 2.42. The summed E-state index contributed by atoms with van der Waals surface area (Å²) in [5.74, 6) is 0. The molecule has 0 amide bonds. The maximum atomic E-state index is 2.42. The molecule has 0 spiro atoms. The summed E-state index contributed by atoms with van der Waals surface area (Å²) < 4.78 is 1.38. The first-order valence-electron chi connectivity index (χ1n) is 16.2. The monoisotopic (exact) mass is 594 g/mol. The van der Waals surface area contributed by atoms with Crippen molar-refractivity contribution in [3.8, 4) is 43.8 Å². The molecule has 0 N–H and O–H groups in total. The van der Waals surface area contributed by atoms with Crippen LogP contribution in [0.3, 0.4) is 0 Å². The molecule has 0 radical (unpaired) electrons. The van der Waals surface area contributed by atoms with Gasteiger partial charge in [-0.1, -0.05) is 115 Å². The highest BCUT2D eigenvalue weighted by atomic mass is 32.1. The van der Waals surface area contributed by atoms with Crippen LogP contribution in [-0.2, 0) is 0 Å². The fourth-order valence-corrected chi connectivity index (χ4v) is 11.0.